The van der Waals surface area contributed by atoms with Gasteiger partial charge in [0.1, 0.15) is 17.3 Å². The minimum atomic E-state index is -0.268. The topological polar surface area (TPSA) is 56.5 Å². The van der Waals surface area contributed by atoms with Crippen LogP contribution in [0.15, 0.2) is 42.5 Å². The number of benzene rings is 2. The highest BCUT2D eigenvalue weighted by Crippen LogP contribution is 2.35. The molecule has 0 bridgehead atoms. The van der Waals surface area contributed by atoms with Gasteiger partial charge in [-0.15, -0.1) is 0 Å². The van der Waals surface area contributed by atoms with Crippen molar-refractivity contribution >= 4 is 0 Å². The second-order valence-electron chi connectivity index (χ2n) is 4.63. The van der Waals surface area contributed by atoms with Gasteiger partial charge in [-0.05, 0) is 36.2 Å². The third-order valence-corrected chi connectivity index (χ3v) is 3.34. The second-order valence-corrected chi connectivity index (χ2v) is 4.63. The fourth-order valence-corrected chi connectivity index (χ4v) is 2.37. The zero-order valence-corrected chi connectivity index (χ0v) is 12.1. The molecule has 0 fully saturated rings. The highest BCUT2D eigenvalue weighted by atomic mass is 19.1. The van der Waals surface area contributed by atoms with Crippen molar-refractivity contribution in [1.29, 1.82) is 0 Å². The number of hydrazine groups is 1. The van der Waals surface area contributed by atoms with E-state index in [1.807, 2.05) is 24.3 Å². The van der Waals surface area contributed by atoms with E-state index in [2.05, 4.69) is 5.43 Å². The molecule has 0 amide bonds. The number of rotatable bonds is 6. The molecule has 0 aliphatic heterocycles. The summed E-state index contributed by atoms with van der Waals surface area (Å²) in [6, 6.07) is 11.7. The Morgan fingerprint density at radius 2 is 1.71 bits per heavy atom. The van der Waals surface area contributed by atoms with Crippen LogP contribution >= 0.6 is 0 Å². The lowest BCUT2D eigenvalue weighted by atomic mass is 9.97. The van der Waals surface area contributed by atoms with Crippen LogP contribution in [-0.2, 0) is 6.42 Å². The van der Waals surface area contributed by atoms with Crippen LogP contribution < -0.4 is 20.7 Å². The van der Waals surface area contributed by atoms with Gasteiger partial charge in [0, 0.05) is 0 Å². The molecule has 4 nitrogen and oxygen atoms in total. The van der Waals surface area contributed by atoms with E-state index in [0.29, 0.717) is 17.9 Å². The highest BCUT2D eigenvalue weighted by molar-refractivity contribution is 5.47. The van der Waals surface area contributed by atoms with E-state index in [0.717, 1.165) is 11.1 Å². The minimum Gasteiger partial charge on any atom is -0.496 e. The fourth-order valence-electron chi connectivity index (χ4n) is 2.37. The largest absolute Gasteiger partial charge is 0.496 e. The molecule has 2 aromatic carbocycles. The second kappa shape index (κ2) is 7.06. The van der Waals surface area contributed by atoms with Gasteiger partial charge in [-0.1, -0.05) is 18.2 Å². The number of methoxy groups -OCH3 is 2. The number of hydrogen-bond acceptors (Lipinski definition) is 4. The maximum absolute atomic E-state index is 13.3. The molecular formula is C16H19FN2O2. The fraction of sp³-hybridized carbons (Fsp3) is 0.250. The first kappa shape index (κ1) is 15.3. The lowest BCUT2D eigenvalue weighted by Gasteiger charge is -2.21. The molecule has 0 aromatic heterocycles. The minimum absolute atomic E-state index is 0.252. The summed E-state index contributed by atoms with van der Waals surface area (Å²) in [6.07, 6.45) is 0.519. The zero-order chi connectivity index (χ0) is 15.2. The first-order chi connectivity index (χ1) is 10.2. The van der Waals surface area contributed by atoms with Gasteiger partial charge in [-0.3, -0.25) is 11.3 Å². The highest BCUT2D eigenvalue weighted by Gasteiger charge is 2.20. The quantitative estimate of drug-likeness (QED) is 0.634. The van der Waals surface area contributed by atoms with E-state index < -0.39 is 0 Å². The molecule has 0 heterocycles. The lowest BCUT2D eigenvalue weighted by Crippen LogP contribution is -2.30. The summed E-state index contributed by atoms with van der Waals surface area (Å²) in [5.41, 5.74) is 4.41. The Kier molecular flexibility index (Phi) is 5.14. The molecular weight excluding hydrogens is 271 g/mol. The molecule has 21 heavy (non-hydrogen) atoms. The Balaban J connectivity index is 2.37. The average Bonchev–Trinajstić information content (AvgIpc) is 2.52. The Morgan fingerprint density at radius 1 is 1.10 bits per heavy atom. The molecule has 0 spiro atoms. The summed E-state index contributed by atoms with van der Waals surface area (Å²) >= 11 is 0. The normalized spacial score (nSPS) is 12.0. The van der Waals surface area contributed by atoms with Crippen LogP contribution in [0.2, 0.25) is 0 Å². The molecule has 0 saturated heterocycles. The van der Waals surface area contributed by atoms with E-state index in [1.54, 1.807) is 20.3 Å². The maximum atomic E-state index is 13.3. The van der Waals surface area contributed by atoms with Crippen LogP contribution in [0.5, 0.6) is 11.5 Å². The van der Waals surface area contributed by atoms with Crippen molar-refractivity contribution in [2.75, 3.05) is 14.2 Å². The summed E-state index contributed by atoms with van der Waals surface area (Å²) in [6.45, 7) is 0. The zero-order valence-electron chi connectivity index (χ0n) is 12.1. The van der Waals surface area contributed by atoms with Crippen molar-refractivity contribution in [3.8, 4) is 11.5 Å². The molecule has 1 unspecified atom stereocenters. The van der Waals surface area contributed by atoms with Gasteiger partial charge < -0.3 is 9.47 Å². The number of hydrogen-bond donors (Lipinski definition) is 2. The SMILES string of the molecule is COc1cccc(OC)c1C(Cc1cccc(F)c1)NN. The Bertz CT molecular complexity index is 582. The standard InChI is InChI=1S/C16H19FN2O2/c1-20-14-7-4-8-15(21-2)16(14)13(19-18)10-11-5-3-6-12(17)9-11/h3-9,13,19H,10,18H2,1-2H3. The first-order valence-corrected chi connectivity index (χ1v) is 6.61. The van der Waals surface area contributed by atoms with Crippen molar-refractivity contribution in [1.82, 2.24) is 5.43 Å². The third-order valence-electron chi connectivity index (χ3n) is 3.34. The van der Waals surface area contributed by atoms with Crippen molar-refractivity contribution in [3.63, 3.8) is 0 Å². The summed E-state index contributed by atoms with van der Waals surface area (Å²) in [5.74, 6) is 6.76. The van der Waals surface area contributed by atoms with Gasteiger partial charge in [-0.2, -0.15) is 0 Å². The van der Waals surface area contributed by atoms with Crippen LogP contribution in [0.4, 0.5) is 4.39 Å². The van der Waals surface area contributed by atoms with Crippen LogP contribution in [0.3, 0.4) is 0 Å². The first-order valence-electron chi connectivity index (χ1n) is 6.61. The molecule has 0 aliphatic carbocycles. The lowest BCUT2D eigenvalue weighted by molar-refractivity contribution is 0.370. The van der Waals surface area contributed by atoms with Crippen LogP contribution in [0.25, 0.3) is 0 Å². The summed E-state index contributed by atoms with van der Waals surface area (Å²) in [4.78, 5) is 0. The van der Waals surface area contributed by atoms with E-state index >= 15 is 0 Å². The van der Waals surface area contributed by atoms with Crippen LogP contribution in [0, 0.1) is 5.82 Å². The molecule has 112 valence electrons. The van der Waals surface area contributed by atoms with Crippen molar-refractivity contribution < 1.29 is 13.9 Å². The molecule has 0 radical (unpaired) electrons. The monoisotopic (exact) mass is 290 g/mol. The smallest absolute Gasteiger partial charge is 0.127 e. The summed E-state index contributed by atoms with van der Waals surface area (Å²) < 4.78 is 24.1. The molecule has 5 heteroatoms. The van der Waals surface area contributed by atoms with Gasteiger partial charge in [-0.25, -0.2) is 4.39 Å². The number of ether oxygens (including phenoxy) is 2. The summed E-state index contributed by atoms with van der Waals surface area (Å²) in [5, 5.41) is 0. The molecule has 3 N–H and O–H groups in total. The predicted octanol–water partition coefficient (Wildman–Crippen LogP) is 2.59. The number of nitrogens with one attached hydrogen (secondary N) is 1. The molecule has 1 atom stereocenters. The van der Waals surface area contributed by atoms with E-state index in [9.17, 15) is 4.39 Å². The number of halogens is 1. The Morgan fingerprint density at radius 3 is 2.24 bits per heavy atom. The average molecular weight is 290 g/mol. The van der Waals surface area contributed by atoms with E-state index in [4.69, 9.17) is 15.3 Å². The van der Waals surface area contributed by atoms with Gasteiger partial charge in [0.05, 0.1) is 25.8 Å². The Labute approximate surface area is 123 Å². The molecule has 2 rings (SSSR count). The van der Waals surface area contributed by atoms with Gasteiger partial charge in [0.25, 0.3) is 0 Å². The third kappa shape index (κ3) is 3.51. The van der Waals surface area contributed by atoms with Gasteiger partial charge in [0.15, 0.2) is 0 Å². The van der Waals surface area contributed by atoms with E-state index in [1.165, 1.54) is 12.1 Å². The van der Waals surface area contributed by atoms with Crippen LogP contribution in [0.1, 0.15) is 17.2 Å². The van der Waals surface area contributed by atoms with E-state index in [-0.39, 0.29) is 11.9 Å². The van der Waals surface area contributed by atoms with Gasteiger partial charge >= 0.3 is 0 Å². The van der Waals surface area contributed by atoms with Gasteiger partial charge in [0.2, 0.25) is 0 Å². The summed E-state index contributed by atoms with van der Waals surface area (Å²) in [7, 11) is 3.18. The van der Waals surface area contributed by atoms with Crippen LogP contribution in [-0.4, -0.2) is 14.2 Å². The molecule has 0 aliphatic rings. The predicted molar refractivity (Wildman–Crippen MR) is 79.7 cm³/mol. The maximum Gasteiger partial charge on any atom is 0.127 e. The molecule has 2 aromatic rings. The van der Waals surface area contributed by atoms with Crippen molar-refractivity contribution in [2.24, 2.45) is 5.84 Å². The number of nitrogens with two attached hydrogens (primary N) is 1. The Hall–Kier alpha value is -2.11. The van der Waals surface area contributed by atoms with Crippen molar-refractivity contribution in [2.45, 2.75) is 12.5 Å². The molecule has 0 saturated carbocycles. The van der Waals surface area contributed by atoms with Crippen molar-refractivity contribution in [3.05, 3.63) is 59.4 Å².